The number of carbonyl (C=O) groups excluding carboxylic acids is 2. The van der Waals surface area contributed by atoms with Crippen molar-refractivity contribution in [1.29, 1.82) is 0 Å². The average Bonchev–Trinajstić information content (AvgIpc) is 3.24. The van der Waals surface area contributed by atoms with E-state index in [1.165, 1.54) is 22.7 Å². The van der Waals surface area contributed by atoms with Crippen molar-refractivity contribution in [3.05, 3.63) is 63.0 Å². The summed E-state index contributed by atoms with van der Waals surface area (Å²) in [5.74, 6) is 1.07. The molecule has 0 radical (unpaired) electrons. The standard InChI is InChI=1S/C16H15N2O2S2/c1-12-17(10-13(19)15-4-2-8-21-15)6-7-18(12)11-14(20)16-5-3-9-22-16/h2-9H,10-11H2,1H3/q+1. The van der Waals surface area contributed by atoms with Crippen LogP contribution < -0.4 is 4.57 Å². The Morgan fingerprint density at radius 1 is 1.09 bits per heavy atom. The Bertz CT molecular complexity index is 721. The molecule has 3 heterocycles. The molecular formula is C16H15N2O2S2+. The minimum atomic E-state index is 0.0884. The fourth-order valence-corrected chi connectivity index (χ4v) is 3.53. The van der Waals surface area contributed by atoms with Gasteiger partial charge in [0.25, 0.3) is 5.82 Å². The van der Waals surface area contributed by atoms with Crippen LogP contribution >= 0.6 is 22.7 Å². The van der Waals surface area contributed by atoms with Gasteiger partial charge in [0.2, 0.25) is 11.6 Å². The molecule has 22 heavy (non-hydrogen) atoms. The highest BCUT2D eigenvalue weighted by Gasteiger charge is 2.19. The van der Waals surface area contributed by atoms with Crippen molar-refractivity contribution >= 4 is 34.2 Å². The first-order valence-corrected chi connectivity index (χ1v) is 8.59. The number of hydrogen-bond acceptors (Lipinski definition) is 4. The summed E-state index contributed by atoms with van der Waals surface area (Å²) >= 11 is 2.90. The molecule has 0 aliphatic rings. The lowest BCUT2D eigenvalue weighted by atomic mass is 10.3. The molecule has 0 aliphatic carbocycles. The summed E-state index contributed by atoms with van der Waals surface area (Å²) < 4.78 is 3.76. The monoisotopic (exact) mass is 331 g/mol. The number of aromatic nitrogens is 2. The van der Waals surface area contributed by atoms with Gasteiger partial charge in [0.15, 0.2) is 13.1 Å². The first-order valence-electron chi connectivity index (χ1n) is 6.84. The summed E-state index contributed by atoms with van der Waals surface area (Å²) in [6, 6.07) is 7.42. The van der Waals surface area contributed by atoms with Gasteiger partial charge >= 0.3 is 0 Å². The van der Waals surface area contributed by atoms with E-state index in [0.717, 1.165) is 15.6 Å². The third kappa shape index (κ3) is 3.08. The minimum Gasteiger partial charge on any atom is -0.289 e. The molecule has 0 saturated carbocycles. The second-order valence-corrected chi connectivity index (χ2v) is 6.80. The molecule has 0 saturated heterocycles. The first kappa shape index (κ1) is 14.9. The van der Waals surface area contributed by atoms with Crippen LogP contribution in [0, 0.1) is 6.92 Å². The van der Waals surface area contributed by atoms with Crippen molar-refractivity contribution in [2.45, 2.75) is 20.0 Å². The molecule has 112 valence electrons. The van der Waals surface area contributed by atoms with Crippen LogP contribution in [0.4, 0.5) is 0 Å². The summed E-state index contributed by atoms with van der Waals surface area (Å²) in [4.78, 5) is 25.8. The van der Waals surface area contributed by atoms with E-state index >= 15 is 0 Å². The summed E-state index contributed by atoms with van der Waals surface area (Å²) in [5.41, 5.74) is 0. The van der Waals surface area contributed by atoms with E-state index in [2.05, 4.69) is 0 Å². The Kier molecular flexibility index (Phi) is 4.31. The van der Waals surface area contributed by atoms with Gasteiger partial charge in [0.1, 0.15) is 12.4 Å². The number of Topliss-reactive ketones (excluding diaryl/α,β-unsaturated/α-hetero) is 2. The lowest BCUT2D eigenvalue weighted by Gasteiger charge is -2.00. The summed E-state index contributed by atoms with van der Waals surface area (Å²) in [6.45, 7) is 2.52. The van der Waals surface area contributed by atoms with Gasteiger partial charge in [-0.1, -0.05) is 12.1 Å². The molecule has 3 aromatic heterocycles. The van der Waals surface area contributed by atoms with Crippen molar-refractivity contribution in [2.24, 2.45) is 0 Å². The molecule has 0 spiro atoms. The predicted molar refractivity (Wildman–Crippen MR) is 86.7 cm³/mol. The zero-order chi connectivity index (χ0) is 15.5. The lowest BCUT2D eigenvalue weighted by Crippen LogP contribution is -2.39. The van der Waals surface area contributed by atoms with Crippen LogP contribution in [0.5, 0.6) is 0 Å². The summed E-state index contributed by atoms with van der Waals surface area (Å²) in [6.07, 6.45) is 3.70. The van der Waals surface area contributed by atoms with E-state index in [1.807, 2.05) is 63.5 Å². The van der Waals surface area contributed by atoms with E-state index in [9.17, 15) is 9.59 Å². The molecule has 0 atom stereocenters. The van der Waals surface area contributed by atoms with Crippen LogP contribution in [0.15, 0.2) is 47.4 Å². The Labute approximate surface area is 136 Å². The van der Waals surface area contributed by atoms with Crippen LogP contribution in [0.3, 0.4) is 0 Å². The van der Waals surface area contributed by atoms with Gasteiger partial charge in [-0.3, -0.25) is 9.59 Å². The van der Waals surface area contributed by atoms with Crippen molar-refractivity contribution in [2.75, 3.05) is 0 Å². The number of nitrogens with zero attached hydrogens (tertiary/aromatic N) is 2. The molecule has 3 rings (SSSR count). The first-order chi connectivity index (χ1) is 10.6. The van der Waals surface area contributed by atoms with E-state index in [-0.39, 0.29) is 11.6 Å². The van der Waals surface area contributed by atoms with Crippen molar-refractivity contribution in [3.8, 4) is 0 Å². The largest absolute Gasteiger partial charge is 0.289 e. The normalized spacial score (nSPS) is 10.8. The van der Waals surface area contributed by atoms with Crippen LogP contribution in [0.2, 0.25) is 0 Å². The second-order valence-electron chi connectivity index (χ2n) is 4.90. The highest BCUT2D eigenvalue weighted by Crippen LogP contribution is 2.12. The Morgan fingerprint density at radius 2 is 1.73 bits per heavy atom. The summed E-state index contributed by atoms with van der Waals surface area (Å²) in [7, 11) is 0. The molecular weight excluding hydrogens is 316 g/mol. The topological polar surface area (TPSA) is 43.0 Å². The van der Waals surface area contributed by atoms with Crippen LogP contribution in [0.25, 0.3) is 0 Å². The average molecular weight is 331 g/mol. The highest BCUT2D eigenvalue weighted by molar-refractivity contribution is 7.12. The fraction of sp³-hybridized carbons (Fsp3) is 0.188. The number of thiophene rings is 2. The molecule has 4 nitrogen and oxygen atoms in total. The SMILES string of the molecule is Cc1n(CC(=O)c2cccs2)cc[n+]1CC(=O)c1cccs1. The molecule has 0 fully saturated rings. The zero-order valence-electron chi connectivity index (χ0n) is 12.1. The van der Waals surface area contributed by atoms with Crippen LogP contribution in [0.1, 0.15) is 25.2 Å². The van der Waals surface area contributed by atoms with Crippen molar-refractivity contribution in [3.63, 3.8) is 0 Å². The molecule has 6 heteroatoms. The lowest BCUT2D eigenvalue weighted by molar-refractivity contribution is -0.688. The van der Waals surface area contributed by atoms with Crippen molar-refractivity contribution < 1.29 is 14.2 Å². The van der Waals surface area contributed by atoms with Gasteiger partial charge < -0.3 is 0 Å². The third-order valence-electron chi connectivity index (χ3n) is 3.48. The van der Waals surface area contributed by atoms with E-state index < -0.39 is 0 Å². The Balaban J connectivity index is 1.72. The van der Waals surface area contributed by atoms with Gasteiger partial charge in [0.05, 0.1) is 9.75 Å². The van der Waals surface area contributed by atoms with E-state index in [0.29, 0.717) is 13.1 Å². The number of hydrogen-bond donors (Lipinski definition) is 0. The number of ketones is 2. The van der Waals surface area contributed by atoms with Crippen LogP contribution in [-0.2, 0) is 13.1 Å². The molecule has 0 bridgehead atoms. The number of rotatable bonds is 6. The van der Waals surface area contributed by atoms with E-state index in [1.54, 1.807) is 0 Å². The van der Waals surface area contributed by atoms with Gasteiger partial charge in [0, 0.05) is 6.92 Å². The molecule has 0 unspecified atom stereocenters. The van der Waals surface area contributed by atoms with Gasteiger partial charge in [-0.15, -0.1) is 22.7 Å². The second kappa shape index (κ2) is 6.37. The van der Waals surface area contributed by atoms with Crippen LogP contribution in [-0.4, -0.2) is 16.1 Å². The Hall–Kier alpha value is -2.05. The maximum Gasteiger partial charge on any atom is 0.254 e. The zero-order valence-corrected chi connectivity index (χ0v) is 13.7. The Morgan fingerprint density at radius 3 is 2.32 bits per heavy atom. The molecule has 0 aromatic carbocycles. The molecule has 3 aromatic rings. The maximum atomic E-state index is 12.2. The molecule has 0 amide bonds. The summed E-state index contributed by atoms with van der Waals surface area (Å²) in [5, 5.41) is 3.80. The smallest absolute Gasteiger partial charge is 0.254 e. The maximum absolute atomic E-state index is 12.2. The van der Waals surface area contributed by atoms with Crippen molar-refractivity contribution in [1.82, 2.24) is 4.57 Å². The minimum absolute atomic E-state index is 0.0884. The quantitative estimate of drug-likeness (QED) is 0.515. The van der Waals surface area contributed by atoms with Gasteiger partial charge in [-0.25, -0.2) is 9.13 Å². The van der Waals surface area contributed by atoms with Gasteiger partial charge in [-0.05, 0) is 22.9 Å². The number of carbonyl (C=O) groups is 2. The highest BCUT2D eigenvalue weighted by atomic mass is 32.1. The number of imidazole rings is 1. The van der Waals surface area contributed by atoms with Gasteiger partial charge in [-0.2, -0.15) is 0 Å². The molecule has 0 N–H and O–H groups in total. The third-order valence-corrected chi connectivity index (χ3v) is 5.30. The molecule has 0 aliphatic heterocycles. The fourth-order valence-electron chi connectivity index (χ4n) is 2.22. The predicted octanol–water partition coefficient (Wildman–Crippen LogP) is 2.97. The van der Waals surface area contributed by atoms with E-state index in [4.69, 9.17) is 0 Å².